The molecule has 0 saturated carbocycles. The minimum absolute atomic E-state index is 0.126. The molecule has 0 fully saturated rings. The Morgan fingerprint density at radius 1 is 1.33 bits per heavy atom. The average molecular weight is 243 g/mol. The molecular formula is C14H17N3O. The fourth-order valence-electron chi connectivity index (χ4n) is 2.00. The van der Waals surface area contributed by atoms with Crippen LogP contribution in [0.25, 0.3) is 5.65 Å². The first-order valence-corrected chi connectivity index (χ1v) is 6.19. The third-order valence-corrected chi connectivity index (χ3v) is 3.23. The summed E-state index contributed by atoms with van der Waals surface area (Å²) in [5.41, 5.74) is 1.85. The normalized spacial score (nSPS) is 19.9. The number of aliphatic imine (C=N–C) groups is 1. The van der Waals surface area contributed by atoms with Gasteiger partial charge in [0.15, 0.2) is 0 Å². The van der Waals surface area contributed by atoms with Crippen molar-refractivity contribution in [2.75, 3.05) is 6.61 Å². The molecular weight excluding hydrogens is 226 g/mol. The van der Waals surface area contributed by atoms with Crippen molar-refractivity contribution >= 4 is 11.5 Å². The van der Waals surface area contributed by atoms with E-state index in [0.29, 0.717) is 12.5 Å². The van der Waals surface area contributed by atoms with Gasteiger partial charge in [-0.15, -0.1) is 0 Å². The predicted molar refractivity (Wildman–Crippen MR) is 70.9 cm³/mol. The molecule has 0 radical (unpaired) electrons. The minimum atomic E-state index is 0.126. The van der Waals surface area contributed by atoms with Crippen molar-refractivity contribution in [1.82, 2.24) is 9.38 Å². The lowest BCUT2D eigenvalue weighted by atomic mass is 9.88. The van der Waals surface area contributed by atoms with Gasteiger partial charge >= 0.3 is 0 Å². The van der Waals surface area contributed by atoms with Crippen molar-refractivity contribution in [1.29, 1.82) is 0 Å². The van der Waals surface area contributed by atoms with Crippen molar-refractivity contribution in [2.24, 2.45) is 10.4 Å². The zero-order chi connectivity index (χ0) is 12.8. The van der Waals surface area contributed by atoms with Gasteiger partial charge in [-0.3, -0.25) is 0 Å². The lowest BCUT2D eigenvalue weighted by Gasteiger charge is -2.21. The lowest BCUT2D eigenvalue weighted by Crippen LogP contribution is -2.25. The van der Waals surface area contributed by atoms with Gasteiger partial charge in [0.05, 0.1) is 6.04 Å². The number of aromatic nitrogens is 2. The highest BCUT2D eigenvalue weighted by molar-refractivity contribution is 5.93. The van der Waals surface area contributed by atoms with Crippen molar-refractivity contribution in [3.05, 3.63) is 36.3 Å². The van der Waals surface area contributed by atoms with Crippen LogP contribution in [0, 0.1) is 5.41 Å². The maximum Gasteiger partial charge on any atom is 0.237 e. The average Bonchev–Trinajstić information content (AvgIpc) is 2.94. The standard InChI is InChI=1S/C14H17N3O/c1-14(2,3)11-9-18-13(16-11)10-8-17-7-5-4-6-12(17)15-10/h4-8,11H,9H2,1-3H3/t11-/m1/s1. The summed E-state index contributed by atoms with van der Waals surface area (Å²) in [6.07, 6.45) is 3.93. The summed E-state index contributed by atoms with van der Waals surface area (Å²) in [6.45, 7) is 7.18. The summed E-state index contributed by atoms with van der Waals surface area (Å²) in [5, 5.41) is 0. The first kappa shape index (κ1) is 11.3. The molecule has 0 aromatic carbocycles. The maximum absolute atomic E-state index is 5.68. The first-order valence-electron chi connectivity index (χ1n) is 6.19. The predicted octanol–water partition coefficient (Wildman–Crippen LogP) is 2.53. The SMILES string of the molecule is CC(C)(C)[C@H]1COC(c2cn3ccccc3n2)=N1. The van der Waals surface area contributed by atoms with Gasteiger partial charge in [0, 0.05) is 12.4 Å². The highest BCUT2D eigenvalue weighted by atomic mass is 16.5. The number of rotatable bonds is 1. The Bertz CT molecular complexity index is 574. The molecule has 0 N–H and O–H groups in total. The third kappa shape index (κ3) is 1.88. The number of ether oxygens (including phenoxy) is 1. The molecule has 4 heteroatoms. The summed E-state index contributed by atoms with van der Waals surface area (Å²) in [7, 11) is 0. The lowest BCUT2D eigenvalue weighted by molar-refractivity contribution is 0.235. The van der Waals surface area contributed by atoms with Gasteiger partial charge in [0.2, 0.25) is 5.90 Å². The van der Waals surface area contributed by atoms with Gasteiger partial charge in [-0.25, -0.2) is 9.98 Å². The van der Waals surface area contributed by atoms with Crippen LogP contribution in [-0.4, -0.2) is 27.9 Å². The van der Waals surface area contributed by atoms with Crippen LogP contribution < -0.4 is 0 Å². The molecule has 3 heterocycles. The van der Waals surface area contributed by atoms with Crippen molar-refractivity contribution in [3.8, 4) is 0 Å². The van der Waals surface area contributed by atoms with Crippen LogP contribution in [0.15, 0.2) is 35.6 Å². The van der Waals surface area contributed by atoms with Crippen LogP contribution in [0.1, 0.15) is 26.5 Å². The van der Waals surface area contributed by atoms with E-state index < -0.39 is 0 Å². The summed E-state index contributed by atoms with van der Waals surface area (Å²) in [4.78, 5) is 9.16. The van der Waals surface area contributed by atoms with E-state index in [9.17, 15) is 0 Å². The molecule has 0 aliphatic carbocycles. The van der Waals surface area contributed by atoms with Gasteiger partial charge in [0.1, 0.15) is 17.9 Å². The summed E-state index contributed by atoms with van der Waals surface area (Å²) >= 11 is 0. The Morgan fingerprint density at radius 2 is 2.17 bits per heavy atom. The van der Waals surface area contributed by atoms with Gasteiger partial charge in [-0.2, -0.15) is 0 Å². The van der Waals surface area contributed by atoms with Crippen LogP contribution in [0.4, 0.5) is 0 Å². The fourth-order valence-corrected chi connectivity index (χ4v) is 2.00. The van der Waals surface area contributed by atoms with E-state index in [1.807, 2.05) is 35.0 Å². The van der Waals surface area contributed by atoms with Crippen molar-refractivity contribution < 1.29 is 4.74 Å². The highest BCUT2D eigenvalue weighted by Crippen LogP contribution is 2.27. The molecule has 0 unspecified atom stereocenters. The van der Waals surface area contributed by atoms with Crippen LogP contribution in [0.3, 0.4) is 0 Å². The van der Waals surface area contributed by atoms with Crippen LogP contribution in [0.2, 0.25) is 0 Å². The fraction of sp³-hybridized carbons (Fsp3) is 0.429. The summed E-state index contributed by atoms with van der Waals surface area (Å²) in [5.74, 6) is 0.665. The van der Waals surface area contributed by atoms with E-state index in [-0.39, 0.29) is 11.5 Å². The molecule has 4 nitrogen and oxygen atoms in total. The Morgan fingerprint density at radius 3 is 2.83 bits per heavy atom. The number of fused-ring (bicyclic) bond motifs is 1. The minimum Gasteiger partial charge on any atom is -0.474 e. The van der Waals surface area contributed by atoms with Crippen LogP contribution in [0.5, 0.6) is 0 Å². The monoisotopic (exact) mass is 243 g/mol. The molecule has 18 heavy (non-hydrogen) atoms. The molecule has 1 aliphatic rings. The first-order chi connectivity index (χ1) is 8.54. The van der Waals surface area contributed by atoms with Gasteiger partial charge in [-0.1, -0.05) is 26.8 Å². The number of hydrogen-bond donors (Lipinski definition) is 0. The topological polar surface area (TPSA) is 38.9 Å². The number of imidazole rings is 1. The van der Waals surface area contributed by atoms with E-state index in [2.05, 4.69) is 30.7 Å². The number of hydrogen-bond acceptors (Lipinski definition) is 3. The van der Waals surface area contributed by atoms with Crippen molar-refractivity contribution in [3.63, 3.8) is 0 Å². The molecule has 3 rings (SSSR count). The smallest absolute Gasteiger partial charge is 0.237 e. The Kier molecular flexibility index (Phi) is 2.40. The third-order valence-electron chi connectivity index (χ3n) is 3.23. The molecule has 2 aromatic rings. The van der Waals surface area contributed by atoms with Gasteiger partial charge < -0.3 is 9.14 Å². The Hall–Kier alpha value is -1.84. The molecule has 0 bridgehead atoms. The van der Waals surface area contributed by atoms with Crippen LogP contribution in [-0.2, 0) is 4.74 Å². The van der Waals surface area contributed by atoms with E-state index in [0.717, 1.165) is 11.3 Å². The second kappa shape index (κ2) is 3.83. The second-order valence-electron chi connectivity index (χ2n) is 5.72. The van der Waals surface area contributed by atoms with E-state index in [1.165, 1.54) is 0 Å². The van der Waals surface area contributed by atoms with E-state index >= 15 is 0 Å². The quantitative estimate of drug-likeness (QED) is 0.772. The molecule has 2 aromatic heterocycles. The maximum atomic E-state index is 5.68. The molecule has 1 aliphatic heterocycles. The molecule has 1 atom stereocenters. The zero-order valence-corrected chi connectivity index (χ0v) is 10.9. The summed E-state index contributed by atoms with van der Waals surface area (Å²) in [6, 6.07) is 6.13. The molecule has 94 valence electrons. The number of nitrogens with zero attached hydrogens (tertiary/aromatic N) is 3. The Balaban J connectivity index is 1.96. The molecule has 0 spiro atoms. The summed E-state index contributed by atoms with van der Waals surface area (Å²) < 4.78 is 7.66. The molecule has 0 amide bonds. The largest absolute Gasteiger partial charge is 0.474 e. The highest BCUT2D eigenvalue weighted by Gasteiger charge is 2.31. The van der Waals surface area contributed by atoms with Gasteiger partial charge in [-0.05, 0) is 17.5 Å². The van der Waals surface area contributed by atoms with Crippen molar-refractivity contribution in [2.45, 2.75) is 26.8 Å². The Labute approximate surface area is 106 Å². The zero-order valence-electron chi connectivity index (χ0n) is 10.9. The van der Waals surface area contributed by atoms with E-state index in [4.69, 9.17) is 4.74 Å². The van der Waals surface area contributed by atoms with Gasteiger partial charge in [0.25, 0.3) is 0 Å². The number of pyridine rings is 1. The second-order valence-corrected chi connectivity index (χ2v) is 5.72. The van der Waals surface area contributed by atoms with E-state index in [1.54, 1.807) is 0 Å². The van der Waals surface area contributed by atoms with Crippen LogP contribution >= 0.6 is 0 Å². The molecule has 0 saturated heterocycles.